The first kappa shape index (κ1) is 13.6. The lowest BCUT2D eigenvalue weighted by molar-refractivity contribution is 0.584. The first-order valence-corrected chi connectivity index (χ1v) is 7.67. The number of hydrogen-bond acceptors (Lipinski definition) is 3. The van der Waals surface area contributed by atoms with Gasteiger partial charge in [-0.2, -0.15) is 13.5 Å². The molecule has 0 fully saturated rings. The van der Waals surface area contributed by atoms with E-state index in [0.717, 1.165) is 12.8 Å². The fourth-order valence-corrected chi connectivity index (χ4v) is 3.20. The van der Waals surface area contributed by atoms with Crippen molar-refractivity contribution in [3.63, 3.8) is 0 Å². The van der Waals surface area contributed by atoms with E-state index in [1.165, 1.54) is 16.6 Å². The average molecular weight is 279 g/mol. The van der Waals surface area contributed by atoms with Crippen LogP contribution in [0, 0.1) is 0 Å². The highest BCUT2D eigenvalue weighted by Crippen LogP contribution is 2.22. The highest BCUT2D eigenvalue weighted by molar-refractivity contribution is 7.92. The Morgan fingerprint density at radius 3 is 2.53 bits per heavy atom. The second kappa shape index (κ2) is 5.88. The topological polar surface area (TPSA) is 66.1 Å². The summed E-state index contributed by atoms with van der Waals surface area (Å²) in [5.74, 6) is 0. The van der Waals surface area contributed by atoms with E-state index in [0.29, 0.717) is 12.2 Å². The molecule has 1 aromatic heterocycles. The number of anilines is 1. The molecular weight excluding hydrogens is 262 g/mol. The van der Waals surface area contributed by atoms with Gasteiger partial charge >= 0.3 is 0 Å². The standard InChI is InChI=1S/C13H17N3O2S/c1-2-3-11-16(12-7-5-4-6-8-12)19(17,18)13-9-10-14-15-13/h4-10H,2-3,11H2,1H3,(H,14,15). The Morgan fingerprint density at radius 2 is 1.95 bits per heavy atom. The summed E-state index contributed by atoms with van der Waals surface area (Å²) in [6.07, 6.45) is 3.18. The van der Waals surface area contributed by atoms with Crippen LogP contribution in [0.15, 0.2) is 47.6 Å². The highest BCUT2D eigenvalue weighted by atomic mass is 32.2. The van der Waals surface area contributed by atoms with E-state index in [1.807, 2.05) is 25.1 Å². The van der Waals surface area contributed by atoms with Crippen LogP contribution in [0.25, 0.3) is 0 Å². The van der Waals surface area contributed by atoms with Crippen LogP contribution in [0.4, 0.5) is 5.69 Å². The van der Waals surface area contributed by atoms with Crippen molar-refractivity contribution >= 4 is 15.7 Å². The van der Waals surface area contributed by atoms with Gasteiger partial charge in [0, 0.05) is 6.54 Å². The van der Waals surface area contributed by atoms with Crippen molar-refractivity contribution in [2.24, 2.45) is 0 Å². The lowest BCUT2D eigenvalue weighted by atomic mass is 10.3. The summed E-state index contributed by atoms with van der Waals surface area (Å²) in [5.41, 5.74) is 0.672. The Morgan fingerprint density at radius 1 is 1.21 bits per heavy atom. The van der Waals surface area contributed by atoms with Gasteiger partial charge in [0.25, 0.3) is 10.0 Å². The molecule has 2 aromatic rings. The monoisotopic (exact) mass is 279 g/mol. The zero-order chi connectivity index (χ0) is 13.7. The van der Waals surface area contributed by atoms with Gasteiger partial charge in [-0.05, 0) is 24.6 Å². The molecule has 6 heteroatoms. The van der Waals surface area contributed by atoms with Crippen molar-refractivity contribution in [1.29, 1.82) is 0 Å². The van der Waals surface area contributed by atoms with Crippen LogP contribution in [0.1, 0.15) is 19.8 Å². The van der Waals surface area contributed by atoms with Crippen LogP contribution in [-0.2, 0) is 10.0 Å². The molecule has 0 spiro atoms. The van der Waals surface area contributed by atoms with Crippen LogP contribution < -0.4 is 4.31 Å². The summed E-state index contributed by atoms with van der Waals surface area (Å²) < 4.78 is 26.5. The summed E-state index contributed by atoms with van der Waals surface area (Å²) in [5, 5.41) is 6.36. The minimum absolute atomic E-state index is 0.118. The minimum Gasteiger partial charge on any atom is -0.266 e. The molecule has 0 saturated heterocycles. The number of unbranched alkanes of at least 4 members (excludes halogenated alkanes) is 1. The Labute approximate surface area is 113 Å². The molecule has 1 aromatic carbocycles. The Bertz CT molecular complexity index is 594. The Hall–Kier alpha value is -1.82. The lowest BCUT2D eigenvalue weighted by Crippen LogP contribution is -2.32. The third kappa shape index (κ3) is 2.96. The molecule has 0 radical (unpaired) electrons. The lowest BCUT2D eigenvalue weighted by Gasteiger charge is -2.23. The molecular formula is C13H17N3O2S. The zero-order valence-electron chi connectivity index (χ0n) is 10.8. The summed E-state index contributed by atoms with van der Waals surface area (Å²) in [4.78, 5) is 0. The van der Waals surface area contributed by atoms with Gasteiger partial charge in [0.1, 0.15) is 0 Å². The maximum atomic E-state index is 12.6. The third-order valence-electron chi connectivity index (χ3n) is 2.80. The van der Waals surface area contributed by atoms with E-state index in [9.17, 15) is 8.42 Å². The number of benzene rings is 1. The fraction of sp³-hybridized carbons (Fsp3) is 0.308. The first-order chi connectivity index (χ1) is 9.16. The predicted molar refractivity (Wildman–Crippen MR) is 74.5 cm³/mol. The molecule has 2 rings (SSSR count). The normalized spacial score (nSPS) is 11.4. The van der Waals surface area contributed by atoms with E-state index in [1.54, 1.807) is 12.1 Å². The van der Waals surface area contributed by atoms with Gasteiger partial charge in [0.15, 0.2) is 5.03 Å². The van der Waals surface area contributed by atoms with Crippen LogP contribution in [0.2, 0.25) is 0 Å². The summed E-state index contributed by atoms with van der Waals surface area (Å²) in [7, 11) is -3.57. The number of rotatable bonds is 6. The molecule has 102 valence electrons. The number of aromatic nitrogens is 2. The van der Waals surface area contributed by atoms with E-state index in [-0.39, 0.29) is 5.03 Å². The Balaban J connectivity index is 2.38. The number of nitrogens with zero attached hydrogens (tertiary/aromatic N) is 2. The van der Waals surface area contributed by atoms with Crippen molar-refractivity contribution in [3.8, 4) is 0 Å². The van der Waals surface area contributed by atoms with Gasteiger partial charge in [0.05, 0.1) is 11.9 Å². The minimum atomic E-state index is -3.57. The van der Waals surface area contributed by atoms with Gasteiger partial charge in [0.2, 0.25) is 0 Å². The zero-order valence-corrected chi connectivity index (χ0v) is 11.6. The number of para-hydroxylation sites is 1. The van der Waals surface area contributed by atoms with Crippen molar-refractivity contribution in [1.82, 2.24) is 10.2 Å². The van der Waals surface area contributed by atoms with E-state index < -0.39 is 10.0 Å². The third-order valence-corrected chi connectivity index (χ3v) is 4.56. The number of H-pyrrole nitrogens is 1. The quantitative estimate of drug-likeness (QED) is 0.883. The van der Waals surface area contributed by atoms with Crippen molar-refractivity contribution in [2.45, 2.75) is 24.8 Å². The van der Waals surface area contributed by atoms with Crippen LogP contribution in [0.5, 0.6) is 0 Å². The highest BCUT2D eigenvalue weighted by Gasteiger charge is 2.25. The second-order valence-corrected chi connectivity index (χ2v) is 6.02. The largest absolute Gasteiger partial charge is 0.281 e. The van der Waals surface area contributed by atoms with Gasteiger partial charge in [-0.15, -0.1) is 0 Å². The Kier molecular flexibility index (Phi) is 4.21. The summed E-state index contributed by atoms with van der Waals surface area (Å²) in [6, 6.07) is 10.6. The fourth-order valence-electron chi connectivity index (χ4n) is 1.79. The number of nitrogens with one attached hydrogen (secondary N) is 1. The van der Waals surface area contributed by atoms with Crippen molar-refractivity contribution < 1.29 is 8.42 Å². The molecule has 0 aliphatic rings. The van der Waals surface area contributed by atoms with Crippen molar-refractivity contribution in [2.75, 3.05) is 10.8 Å². The first-order valence-electron chi connectivity index (χ1n) is 6.23. The van der Waals surface area contributed by atoms with Crippen LogP contribution in [0.3, 0.4) is 0 Å². The van der Waals surface area contributed by atoms with Gasteiger partial charge in [-0.3, -0.25) is 9.40 Å². The summed E-state index contributed by atoms with van der Waals surface area (Å²) >= 11 is 0. The van der Waals surface area contributed by atoms with Gasteiger partial charge < -0.3 is 0 Å². The van der Waals surface area contributed by atoms with E-state index in [2.05, 4.69) is 10.2 Å². The van der Waals surface area contributed by atoms with Crippen LogP contribution in [-0.4, -0.2) is 25.2 Å². The van der Waals surface area contributed by atoms with E-state index in [4.69, 9.17) is 0 Å². The molecule has 0 atom stereocenters. The molecule has 5 nitrogen and oxygen atoms in total. The average Bonchev–Trinajstić information content (AvgIpc) is 2.95. The van der Waals surface area contributed by atoms with Crippen LogP contribution >= 0.6 is 0 Å². The number of hydrogen-bond donors (Lipinski definition) is 1. The molecule has 0 aliphatic carbocycles. The predicted octanol–water partition coefficient (Wildman–Crippen LogP) is 2.41. The number of aromatic amines is 1. The molecule has 1 heterocycles. The molecule has 0 unspecified atom stereocenters. The molecule has 0 bridgehead atoms. The smallest absolute Gasteiger partial charge is 0.266 e. The second-order valence-electron chi connectivity index (χ2n) is 4.19. The van der Waals surface area contributed by atoms with Gasteiger partial charge in [-0.1, -0.05) is 31.5 Å². The van der Waals surface area contributed by atoms with Crippen molar-refractivity contribution in [3.05, 3.63) is 42.6 Å². The molecule has 19 heavy (non-hydrogen) atoms. The molecule has 0 saturated carbocycles. The maximum absolute atomic E-state index is 12.6. The summed E-state index contributed by atoms with van der Waals surface area (Å²) in [6.45, 7) is 2.49. The molecule has 0 aliphatic heterocycles. The molecule has 1 N–H and O–H groups in total. The molecule has 0 amide bonds. The number of sulfonamides is 1. The van der Waals surface area contributed by atoms with Gasteiger partial charge in [-0.25, -0.2) is 0 Å². The van der Waals surface area contributed by atoms with E-state index >= 15 is 0 Å². The SMILES string of the molecule is CCCCN(c1ccccc1)S(=O)(=O)c1ccn[nH]1. The maximum Gasteiger partial charge on any atom is 0.281 e.